The molecule has 2 aliphatic heterocycles. The van der Waals surface area contributed by atoms with Gasteiger partial charge < -0.3 is 20.3 Å². The fourth-order valence-electron chi connectivity index (χ4n) is 3.91. The quantitative estimate of drug-likeness (QED) is 0.720. The Morgan fingerprint density at radius 1 is 1.16 bits per heavy atom. The van der Waals surface area contributed by atoms with Gasteiger partial charge in [0.25, 0.3) is 5.91 Å². The van der Waals surface area contributed by atoms with Crippen LogP contribution in [0.5, 0.6) is 0 Å². The number of nitrogens with zero attached hydrogens (tertiary/aromatic N) is 1. The Morgan fingerprint density at radius 3 is 2.77 bits per heavy atom. The Labute approximate surface area is 185 Å². The minimum atomic E-state index is -0.519. The van der Waals surface area contributed by atoms with E-state index in [1.807, 2.05) is 0 Å². The average molecular weight is 442 g/mol. The van der Waals surface area contributed by atoms with Crippen molar-refractivity contribution >= 4 is 40.7 Å². The van der Waals surface area contributed by atoms with E-state index in [4.69, 9.17) is 16.3 Å². The summed E-state index contributed by atoms with van der Waals surface area (Å²) in [5.41, 5.74) is 1.47. The monoisotopic (exact) mass is 441 g/mol. The Kier molecular flexibility index (Phi) is 6.53. The zero-order chi connectivity index (χ0) is 21.8. The van der Waals surface area contributed by atoms with E-state index in [-0.39, 0.29) is 36.8 Å². The van der Waals surface area contributed by atoms with Gasteiger partial charge in [0.2, 0.25) is 11.8 Å². The van der Waals surface area contributed by atoms with Crippen LogP contribution in [-0.2, 0) is 14.3 Å². The highest BCUT2D eigenvalue weighted by Gasteiger charge is 2.35. The van der Waals surface area contributed by atoms with Crippen molar-refractivity contribution in [3.8, 4) is 0 Å². The Hall–Kier alpha value is -2.90. The summed E-state index contributed by atoms with van der Waals surface area (Å²) in [6, 6.07) is 13.8. The third kappa shape index (κ3) is 5.06. The molecule has 2 atom stereocenters. The van der Waals surface area contributed by atoms with Crippen LogP contribution in [0.2, 0.25) is 5.02 Å². The first-order valence-electron chi connectivity index (χ1n) is 10.4. The maximum atomic E-state index is 12.9. The number of carbonyl (C=O) groups excluding carboxylic acids is 3. The molecule has 162 valence electrons. The van der Waals surface area contributed by atoms with Crippen molar-refractivity contribution in [3.05, 3.63) is 59.1 Å². The second-order valence-corrected chi connectivity index (χ2v) is 8.20. The SMILES string of the molecule is O=C(NC[C@@H]1CCCO1)c1ccccc1NC(=O)[C@H]1CC(=O)N(c2cccc(Cl)c2)C1. The van der Waals surface area contributed by atoms with E-state index in [1.165, 1.54) is 0 Å². The summed E-state index contributed by atoms with van der Waals surface area (Å²) in [6.45, 7) is 1.42. The molecule has 0 spiro atoms. The number of rotatable bonds is 6. The molecule has 2 aromatic rings. The van der Waals surface area contributed by atoms with Gasteiger partial charge in [-0.25, -0.2) is 0 Å². The Morgan fingerprint density at radius 2 is 2.00 bits per heavy atom. The molecule has 7 nitrogen and oxygen atoms in total. The number of amides is 3. The topological polar surface area (TPSA) is 87.7 Å². The number of para-hydroxylation sites is 1. The number of hydrogen-bond acceptors (Lipinski definition) is 4. The summed E-state index contributed by atoms with van der Waals surface area (Å²) >= 11 is 6.03. The molecular formula is C23H24ClN3O4. The van der Waals surface area contributed by atoms with E-state index >= 15 is 0 Å². The molecule has 2 heterocycles. The number of carbonyl (C=O) groups is 3. The molecule has 3 amide bonds. The van der Waals surface area contributed by atoms with Gasteiger partial charge in [0.1, 0.15) is 0 Å². The maximum absolute atomic E-state index is 12.9. The second kappa shape index (κ2) is 9.49. The molecule has 8 heteroatoms. The van der Waals surface area contributed by atoms with Crippen molar-refractivity contribution in [2.75, 3.05) is 29.9 Å². The highest BCUT2D eigenvalue weighted by Crippen LogP contribution is 2.28. The number of halogens is 1. The third-order valence-corrected chi connectivity index (χ3v) is 5.79. The molecule has 0 bridgehead atoms. The first-order chi connectivity index (χ1) is 15.0. The second-order valence-electron chi connectivity index (χ2n) is 7.77. The van der Waals surface area contributed by atoms with Gasteiger partial charge in [-0.15, -0.1) is 0 Å². The molecule has 0 saturated carbocycles. The van der Waals surface area contributed by atoms with Crippen molar-refractivity contribution in [2.45, 2.75) is 25.4 Å². The van der Waals surface area contributed by atoms with Gasteiger partial charge in [-0.1, -0.05) is 29.8 Å². The molecular weight excluding hydrogens is 418 g/mol. The van der Waals surface area contributed by atoms with Crippen molar-refractivity contribution in [3.63, 3.8) is 0 Å². The Bertz CT molecular complexity index is 990. The van der Waals surface area contributed by atoms with Crippen LogP contribution in [0.1, 0.15) is 29.6 Å². The largest absolute Gasteiger partial charge is 0.376 e. The summed E-state index contributed by atoms with van der Waals surface area (Å²) in [5, 5.41) is 6.23. The lowest BCUT2D eigenvalue weighted by Crippen LogP contribution is -2.33. The summed E-state index contributed by atoms with van der Waals surface area (Å²) in [6.07, 6.45) is 2.07. The fourth-order valence-corrected chi connectivity index (χ4v) is 4.09. The first-order valence-corrected chi connectivity index (χ1v) is 10.7. The van der Waals surface area contributed by atoms with Crippen molar-refractivity contribution in [1.82, 2.24) is 5.32 Å². The average Bonchev–Trinajstić information content (AvgIpc) is 3.42. The minimum Gasteiger partial charge on any atom is -0.376 e. The number of anilines is 2. The summed E-state index contributed by atoms with van der Waals surface area (Å²) < 4.78 is 5.54. The molecule has 0 unspecified atom stereocenters. The van der Waals surface area contributed by atoms with Crippen LogP contribution in [0, 0.1) is 5.92 Å². The molecule has 31 heavy (non-hydrogen) atoms. The molecule has 4 rings (SSSR count). The van der Waals surface area contributed by atoms with Gasteiger partial charge in [-0.3, -0.25) is 14.4 Å². The van der Waals surface area contributed by atoms with Crippen LogP contribution in [-0.4, -0.2) is 43.5 Å². The smallest absolute Gasteiger partial charge is 0.253 e. The van der Waals surface area contributed by atoms with Crippen LogP contribution in [0.4, 0.5) is 11.4 Å². The van der Waals surface area contributed by atoms with E-state index in [2.05, 4.69) is 10.6 Å². The number of benzene rings is 2. The normalized spacial score (nSPS) is 20.7. The molecule has 2 N–H and O–H groups in total. The predicted molar refractivity (Wildman–Crippen MR) is 118 cm³/mol. The lowest BCUT2D eigenvalue weighted by molar-refractivity contribution is -0.122. The molecule has 2 aliphatic rings. The third-order valence-electron chi connectivity index (χ3n) is 5.56. The van der Waals surface area contributed by atoms with Gasteiger partial charge in [-0.05, 0) is 43.2 Å². The molecule has 2 saturated heterocycles. The van der Waals surface area contributed by atoms with E-state index in [0.717, 1.165) is 19.4 Å². The summed E-state index contributed by atoms with van der Waals surface area (Å²) in [4.78, 5) is 39.6. The molecule has 2 fully saturated rings. The highest BCUT2D eigenvalue weighted by molar-refractivity contribution is 6.31. The lowest BCUT2D eigenvalue weighted by Gasteiger charge is -2.17. The predicted octanol–water partition coefficient (Wildman–Crippen LogP) is 3.24. The van der Waals surface area contributed by atoms with Crippen LogP contribution in [0.3, 0.4) is 0 Å². The van der Waals surface area contributed by atoms with Gasteiger partial charge in [0.05, 0.1) is 23.3 Å². The van der Waals surface area contributed by atoms with E-state index in [1.54, 1.807) is 53.4 Å². The van der Waals surface area contributed by atoms with Gasteiger partial charge in [0, 0.05) is 36.8 Å². The molecule has 0 aromatic heterocycles. The highest BCUT2D eigenvalue weighted by atomic mass is 35.5. The number of hydrogen-bond donors (Lipinski definition) is 2. The van der Waals surface area contributed by atoms with Crippen LogP contribution in [0.25, 0.3) is 0 Å². The van der Waals surface area contributed by atoms with Gasteiger partial charge >= 0.3 is 0 Å². The molecule has 2 aromatic carbocycles. The fraction of sp³-hybridized carbons (Fsp3) is 0.348. The first kappa shape index (κ1) is 21.3. The van der Waals surface area contributed by atoms with Gasteiger partial charge in [0.15, 0.2) is 0 Å². The lowest BCUT2D eigenvalue weighted by atomic mass is 10.1. The number of ether oxygens (including phenoxy) is 1. The van der Waals surface area contributed by atoms with Crippen molar-refractivity contribution in [2.24, 2.45) is 5.92 Å². The van der Waals surface area contributed by atoms with Gasteiger partial charge in [-0.2, -0.15) is 0 Å². The Balaban J connectivity index is 1.40. The number of nitrogens with one attached hydrogen (secondary N) is 2. The van der Waals surface area contributed by atoms with E-state index in [0.29, 0.717) is 28.5 Å². The van der Waals surface area contributed by atoms with Crippen LogP contribution >= 0.6 is 11.6 Å². The standard InChI is InChI=1S/C23H24ClN3O4/c24-16-5-3-6-17(12-16)27-14-15(11-21(27)28)22(29)26-20-9-2-1-8-19(20)23(30)25-13-18-7-4-10-31-18/h1-3,5-6,8-9,12,15,18H,4,7,10-11,13-14H2,(H,25,30)(H,26,29)/t15-,18-/m0/s1. The zero-order valence-electron chi connectivity index (χ0n) is 17.0. The van der Waals surface area contributed by atoms with Crippen molar-refractivity contribution < 1.29 is 19.1 Å². The zero-order valence-corrected chi connectivity index (χ0v) is 17.7. The van der Waals surface area contributed by atoms with Crippen LogP contribution in [0.15, 0.2) is 48.5 Å². The maximum Gasteiger partial charge on any atom is 0.253 e. The molecule has 0 aliphatic carbocycles. The summed E-state index contributed by atoms with van der Waals surface area (Å²) in [7, 11) is 0. The van der Waals surface area contributed by atoms with Crippen LogP contribution < -0.4 is 15.5 Å². The van der Waals surface area contributed by atoms with Crippen molar-refractivity contribution in [1.29, 1.82) is 0 Å². The van der Waals surface area contributed by atoms with E-state index < -0.39 is 5.92 Å². The molecule has 0 radical (unpaired) electrons. The summed E-state index contributed by atoms with van der Waals surface area (Å²) in [5.74, 6) is -1.22. The minimum absolute atomic E-state index is 0.0349. The van der Waals surface area contributed by atoms with E-state index in [9.17, 15) is 14.4 Å².